The molecule has 1 saturated heterocycles. The van der Waals surface area contributed by atoms with Gasteiger partial charge in [-0.25, -0.2) is 0 Å². The van der Waals surface area contributed by atoms with Gasteiger partial charge in [0.15, 0.2) is 0 Å². The van der Waals surface area contributed by atoms with Crippen LogP contribution in [0.15, 0.2) is 91.0 Å². The molecule has 0 bridgehead atoms. The molecule has 1 aliphatic heterocycles. The summed E-state index contributed by atoms with van der Waals surface area (Å²) >= 11 is 5.58. The molecule has 6 nitrogen and oxygen atoms in total. The molecule has 0 spiro atoms. The number of carboxylic acids is 1. The predicted molar refractivity (Wildman–Crippen MR) is 161 cm³/mol. The molecule has 0 saturated carbocycles. The monoisotopic (exact) mass is 614 g/mol. The Bertz CT molecular complexity index is 1180. The molecule has 2 unspecified atom stereocenters. The summed E-state index contributed by atoms with van der Waals surface area (Å²) in [6.07, 6.45) is 2.37. The molecule has 0 aromatic heterocycles. The number of hydrogen-bond donors (Lipinski definition) is 2. The number of halogens is 1. The quantitative estimate of drug-likeness (QED) is 0.182. The van der Waals surface area contributed by atoms with Crippen LogP contribution in [0.1, 0.15) is 19.3 Å². The molecule has 0 radical (unpaired) electrons. The van der Waals surface area contributed by atoms with Crippen LogP contribution in [0, 0.1) is 0 Å². The number of carbonyl (C=O) groups is 3. The third-order valence-corrected chi connectivity index (χ3v) is 18.4. The molecule has 200 valence electrons. The number of aliphatic carboxylic acids is 1. The van der Waals surface area contributed by atoms with Crippen molar-refractivity contribution in [2.24, 2.45) is 5.73 Å². The van der Waals surface area contributed by atoms with Crippen LogP contribution in [-0.2, 0) is 14.4 Å². The summed E-state index contributed by atoms with van der Waals surface area (Å²) in [5.74, 6) is -1.47. The van der Waals surface area contributed by atoms with Gasteiger partial charge in [0.25, 0.3) is 0 Å². The van der Waals surface area contributed by atoms with Gasteiger partial charge >= 0.3 is 236 Å². The van der Waals surface area contributed by atoms with Gasteiger partial charge in [-0.1, -0.05) is 0 Å². The Balaban J connectivity index is 1.55. The summed E-state index contributed by atoms with van der Waals surface area (Å²) in [6.45, 7) is 0.345. The van der Waals surface area contributed by atoms with E-state index in [1.54, 1.807) is 0 Å². The molecule has 3 N–H and O–H groups in total. The first-order valence-corrected chi connectivity index (χ1v) is 18.1. The molecule has 9 heteroatoms. The first kappa shape index (κ1) is 28.5. The van der Waals surface area contributed by atoms with Crippen LogP contribution in [0.4, 0.5) is 0 Å². The zero-order chi connectivity index (χ0) is 27.2. The Morgan fingerprint density at radius 3 is 1.84 bits per heavy atom. The second-order valence-electron chi connectivity index (χ2n) is 9.47. The molecule has 1 aliphatic rings. The Hall–Kier alpha value is -2.51. The Morgan fingerprint density at radius 2 is 1.39 bits per heavy atom. The predicted octanol–water partition coefficient (Wildman–Crippen LogP) is 3.88. The Morgan fingerprint density at radius 1 is 0.921 bits per heavy atom. The number of amides is 2. The number of rotatable bonds is 12. The van der Waals surface area contributed by atoms with Crippen LogP contribution in [0.25, 0.3) is 0 Å². The van der Waals surface area contributed by atoms with Crippen LogP contribution in [-0.4, -0.2) is 57.5 Å². The summed E-state index contributed by atoms with van der Waals surface area (Å²) in [5.41, 5.74) is 5.57. The zero-order valence-corrected chi connectivity index (χ0v) is 24.3. The third kappa shape index (κ3) is 5.59. The van der Waals surface area contributed by atoms with Crippen LogP contribution in [0.5, 0.6) is 0 Å². The number of nitrogens with two attached hydrogens (primary N) is 1. The van der Waals surface area contributed by atoms with Crippen LogP contribution in [0.3, 0.4) is 0 Å². The molecule has 4 rings (SSSR count). The van der Waals surface area contributed by atoms with E-state index in [1.807, 2.05) is 18.2 Å². The van der Waals surface area contributed by atoms with Gasteiger partial charge in [0.2, 0.25) is 0 Å². The fourth-order valence-electron chi connectivity index (χ4n) is 5.04. The average Bonchev–Trinajstić information content (AvgIpc) is 3.22. The molecule has 0 aliphatic carbocycles. The number of unbranched alkanes of at least 4 members (excludes halogenated alkanes) is 1. The van der Waals surface area contributed by atoms with E-state index in [-0.39, 0.29) is 24.0 Å². The molecule has 3 aromatic rings. The minimum absolute atomic E-state index is 0.0891. The van der Waals surface area contributed by atoms with Crippen LogP contribution >= 0.6 is 32.6 Å². The van der Waals surface area contributed by atoms with E-state index >= 15 is 0 Å². The molecular formula is C29H32BrN2O4PS. The number of nitrogens with zero attached hydrogens (tertiary/aromatic N) is 1. The van der Waals surface area contributed by atoms with Crippen molar-refractivity contribution in [3.63, 3.8) is 0 Å². The van der Waals surface area contributed by atoms with Crippen LogP contribution < -0.4 is 21.6 Å². The van der Waals surface area contributed by atoms with Crippen molar-refractivity contribution in [1.29, 1.82) is 0 Å². The van der Waals surface area contributed by atoms with E-state index in [1.165, 1.54) is 20.8 Å². The first-order chi connectivity index (χ1) is 18.2. The van der Waals surface area contributed by atoms with E-state index < -0.39 is 22.6 Å². The standard InChI is InChI=1S/C29H32BrN2O4PS/c30-37(22-12-4-1-5-13-22,23-14-6-2-7-15-23,24-16-8-3-9-17-24)19-11-10-18-32-27(33)20-26(28(32)34)38-21-25(31)29(35)36/h1-9,12-17,25-26H,10-11,18-21,31H2,(H,35,36). The Labute approximate surface area is 235 Å². The van der Waals surface area contributed by atoms with Gasteiger partial charge in [0.1, 0.15) is 0 Å². The van der Waals surface area contributed by atoms with E-state index in [0.717, 1.165) is 24.3 Å². The molecule has 2 amide bonds. The number of imide groups is 1. The first-order valence-electron chi connectivity index (χ1n) is 12.6. The van der Waals surface area contributed by atoms with E-state index in [9.17, 15) is 14.4 Å². The fraction of sp³-hybridized carbons (Fsp3) is 0.276. The summed E-state index contributed by atoms with van der Waals surface area (Å²) in [6, 6.07) is 30.5. The summed E-state index contributed by atoms with van der Waals surface area (Å²) in [7, 11) is 0. The number of likely N-dealkylation sites (tertiary alicyclic amines) is 1. The van der Waals surface area contributed by atoms with Crippen molar-refractivity contribution in [3.8, 4) is 0 Å². The molecule has 1 fully saturated rings. The van der Waals surface area contributed by atoms with Gasteiger partial charge in [-0.3, -0.25) is 0 Å². The number of hydrogen-bond acceptors (Lipinski definition) is 5. The Kier molecular flexibility index (Phi) is 9.09. The van der Waals surface area contributed by atoms with Gasteiger partial charge in [0.05, 0.1) is 0 Å². The molecule has 2 atom stereocenters. The van der Waals surface area contributed by atoms with E-state index in [0.29, 0.717) is 13.0 Å². The van der Waals surface area contributed by atoms with Crippen molar-refractivity contribution in [1.82, 2.24) is 4.90 Å². The number of benzene rings is 3. The van der Waals surface area contributed by atoms with E-state index in [4.69, 9.17) is 10.8 Å². The van der Waals surface area contributed by atoms with Crippen molar-refractivity contribution in [3.05, 3.63) is 91.0 Å². The van der Waals surface area contributed by atoms with Crippen molar-refractivity contribution in [2.45, 2.75) is 30.6 Å². The fourth-order valence-corrected chi connectivity index (χ4v) is 13.9. The average molecular weight is 616 g/mol. The van der Waals surface area contributed by atoms with Gasteiger partial charge in [0, 0.05) is 0 Å². The van der Waals surface area contributed by atoms with Crippen LogP contribution in [0.2, 0.25) is 0 Å². The summed E-state index contributed by atoms with van der Waals surface area (Å²) < 4.78 is 0. The topological polar surface area (TPSA) is 101 Å². The number of carboxylic acid groups (broad SMARTS) is 1. The number of thioether (sulfide) groups is 1. The molecule has 1 heterocycles. The SMILES string of the molecule is NC(CSC1CC(=O)N(CCCCP(Br)(c2ccccc2)(c2ccccc2)c2ccccc2)C1=O)C(=O)O. The second kappa shape index (κ2) is 12.1. The normalized spacial score (nSPS) is 17.7. The summed E-state index contributed by atoms with van der Waals surface area (Å²) in [4.78, 5) is 37.9. The molecule has 38 heavy (non-hydrogen) atoms. The third-order valence-electron chi connectivity index (χ3n) is 7.09. The minimum atomic E-state index is -3.05. The molecular weight excluding hydrogens is 583 g/mol. The maximum absolute atomic E-state index is 12.9. The van der Waals surface area contributed by atoms with Crippen molar-refractivity contribution in [2.75, 3.05) is 18.5 Å². The van der Waals surface area contributed by atoms with Gasteiger partial charge in [-0.05, 0) is 0 Å². The molecule has 3 aromatic carbocycles. The van der Waals surface area contributed by atoms with E-state index in [2.05, 4.69) is 88.3 Å². The maximum atomic E-state index is 12.9. The van der Waals surface area contributed by atoms with Gasteiger partial charge in [-0.2, -0.15) is 0 Å². The summed E-state index contributed by atoms with van der Waals surface area (Å²) in [5, 5.41) is 9.08. The van der Waals surface area contributed by atoms with Gasteiger partial charge in [-0.15, -0.1) is 0 Å². The number of carbonyl (C=O) groups excluding carboxylic acids is 2. The second-order valence-corrected chi connectivity index (χ2v) is 19.8. The van der Waals surface area contributed by atoms with Crippen molar-refractivity contribution < 1.29 is 19.5 Å². The van der Waals surface area contributed by atoms with Crippen molar-refractivity contribution >= 4 is 66.3 Å². The zero-order valence-electron chi connectivity index (χ0n) is 21.0. The van der Waals surface area contributed by atoms with Gasteiger partial charge < -0.3 is 0 Å².